The first-order valence-electron chi connectivity index (χ1n) is 3.17. The first-order chi connectivity index (χ1) is 5.27. The van der Waals surface area contributed by atoms with E-state index in [9.17, 15) is 10.1 Å². The second kappa shape index (κ2) is 1.95. The summed E-state index contributed by atoms with van der Waals surface area (Å²) in [5, 5.41) is 10.3. The van der Waals surface area contributed by atoms with Gasteiger partial charge in [-0.15, -0.1) is 0 Å². The van der Waals surface area contributed by atoms with E-state index in [4.69, 9.17) is 4.74 Å². The minimum atomic E-state index is -0.433. The largest absolute Gasteiger partial charge is 0.482 e. The lowest BCUT2D eigenvalue weighted by Gasteiger charge is -2.13. The number of hydrogen-bond donors (Lipinski definition) is 0. The standard InChI is InChI=1S/C7H5NO3/c9-8(10)6-3-5-1-2-7(6)11-4-5/h1-3H,4H2. The zero-order valence-electron chi connectivity index (χ0n) is 5.61. The van der Waals surface area contributed by atoms with E-state index >= 15 is 0 Å². The van der Waals surface area contributed by atoms with Crippen molar-refractivity contribution in [3.8, 4) is 5.75 Å². The zero-order chi connectivity index (χ0) is 7.84. The van der Waals surface area contributed by atoms with Crippen LogP contribution < -0.4 is 4.74 Å². The number of hydrogen-bond acceptors (Lipinski definition) is 3. The van der Waals surface area contributed by atoms with Crippen molar-refractivity contribution in [2.75, 3.05) is 0 Å². The highest BCUT2D eigenvalue weighted by atomic mass is 16.6. The van der Waals surface area contributed by atoms with Crippen molar-refractivity contribution in [2.45, 2.75) is 6.61 Å². The van der Waals surface area contributed by atoms with Gasteiger partial charge in [-0.2, -0.15) is 0 Å². The molecular weight excluding hydrogens is 146 g/mol. The zero-order valence-corrected chi connectivity index (χ0v) is 5.61. The number of benzene rings is 1. The van der Waals surface area contributed by atoms with Crippen LogP contribution in [0.1, 0.15) is 5.56 Å². The van der Waals surface area contributed by atoms with Crippen molar-refractivity contribution >= 4 is 5.69 Å². The molecule has 3 rings (SSSR count). The molecule has 56 valence electrons. The molecule has 2 heterocycles. The van der Waals surface area contributed by atoms with Gasteiger partial charge in [-0.05, 0) is 11.6 Å². The third-order valence-electron chi connectivity index (χ3n) is 1.61. The van der Waals surface area contributed by atoms with Gasteiger partial charge < -0.3 is 4.74 Å². The van der Waals surface area contributed by atoms with E-state index in [1.165, 1.54) is 0 Å². The molecule has 0 fully saturated rings. The van der Waals surface area contributed by atoms with E-state index in [2.05, 4.69) is 0 Å². The summed E-state index contributed by atoms with van der Waals surface area (Å²) in [4.78, 5) is 9.90. The normalized spacial score (nSPS) is 12.7. The number of nitrogens with zero attached hydrogens (tertiary/aromatic N) is 1. The van der Waals surface area contributed by atoms with Crippen LogP contribution in [0.3, 0.4) is 0 Å². The topological polar surface area (TPSA) is 52.4 Å². The van der Waals surface area contributed by atoms with E-state index in [1.807, 2.05) is 6.07 Å². The van der Waals surface area contributed by atoms with Gasteiger partial charge in [0.25, 0.3) is 0 Å². The third-order valence-corrected chi connectivity index (χ3v) is 1.61. The van der Waals surface area contributed by atoms with Gasteiger partial charge in [0.05, 0.1) is 4.92 Å². The molecule has 0 amide bonds. The predicted octanol–water partition coefficient (Wildman–Crippen LogP) is 1.49. The Bertz CT molecular complexity index is 321. The van der Waals surface area contributed by atoms with Gasteiger partial charge in [0.2, 0.25) is 0 Å². The number of rotatable bonds is 1. The van der Waals surface area contributed by atoms with Crippen molar-refractivity contribution in [3.05, 3.63) is 33.9 Å². The Morgan fingerprint density at radius 2 is 2.36 bits per heavy atom. The molecule has 11 heavy (non-hydrogen) atoms. The maximum absolute atomic E-state index is 10.3. The Balaban J connectivity index is 2.60. The van der Waals surface area contributed by atoms with E-state index in [1.54, 1.807) is 12.1 Å². The van der Waals surface area contributed by atoms with E-state index in [0.29, 0.717) is 12.4 Å². The smallest absolute Gasteiger partial charge is 0.311 e. The molecule has 1 aromatic rings. The summed E-state index contributed by atoms with van der Waals surface area (Å²) in [5.74, 6) is 0.366. The quantitative estimate of drug-likeness (QED) is 0.451. The molecule has 0 N–H and O–H groups in total. The summed E-state index contributed by atoms with van der Waals surface area (Å²) in [6.45, 7) is 0.461. The lowest BCUT2D eigenvalue weighted by atomic mass is 10.1. The van der Waals surface area contributed by atoms with Crippen molar-refractivity contribution in [3.63, 3.8) is 0 Å². The molecule has 0 aromatic heterocycles. The molecule has 0 aliphatic carbocycles. The highest BCUT2D eigenvalue weighted by Gasteiger charge is 2.20. The van der Waals surface area contributed by atoms with Crippen LogP contribution in [0.2, 0.25) is 0 Å². The average Bonchev–Trinajstić information content (AvgIpc) is 2.06. The summed E-state index contributed by atoms with van der Waals surface area (Å²) >= 11 is 0. The van der Waals surface area contributed by atoms with Gasteiger partial charge in [0.15, 0.2) is 5.75 Å². The van der Waals surface area contributed by atoms with E-state index < -0.39 is 4.92 Å². The molecule has 2 aliphatic rings. The van der Waals surface area contributed by atoms with Gasteiger partial charge in [-0.25, -0.2) is 0 Å². The monoisotopic (exact) mass is 151 g/mol. The van der Waals surface area contributed by atoms with E-state index in [-0.39, 0.29) is 5.69 Å². The number of nitro benzene ring substituents is 1. The van der Waals surface area contributed by atoms with Gasteiger partial charge in [-0.3, -0.25) is 10.1 Å². The van der Waals surface area contributed by atoms with Gasteiger partial charge >= 0.3 is 5.69 Å². The Labute approximate surface area is 62.6 Å². The fraction of sp³-hybridized carbons (Fsp3) is 0.143. The van der Waals surface area contributed by atoms with Crippen LogP contribution in [0.25, 0.3) is 0 Å². The van der Waals surface area contributed by atoms with Crippen molar-refractivity contribution < 1.29 is 9.66 Å². The fourth-order valence-corrected chi connectivity index (χ4v) is 1.08. The van der Waals surface area contributed by atoms with Crippen LogP contribution in [0.4, 0.5) is 5.69 Å². The summed E-state index contributed by atoms with van der Waals surface area (Å²) in [5.41, 5.74) is 0.917. The SMILES string of the molecule is O=[N+]([O-])c1cc2ccc1OC2. The first-order valence-corrected chi connectivity index (χ1v) is 3.17. The summed E-state index contributed by atoms with van der Waals surface area (Å²) in [6.07, 6.45) is 0. The maximum Gasteiger partial charge on any atom is 0.311 e. The van der Waals surface area contributed by atoms with Gasteiger partial charge in [0, 0.05) is 6.07 Å². The Kier molecular flexibility index (Phi) is 1.09. The second-order valence-corrected chi connectivity index (χ2v) is 2.35. The minimum Gasteiger partial charge on any atom is -0.482 e. The molecule has 4 nitrogen and oxygen atoms in total. The average molecular weight is 151 g/mol. The van der Waals surface area contributed by atoms with Crippen LogP contribution >= 0.6 is 0 Å². The highest BCUT2D eigenvalue weighted by molar-refractivity contribution is 5.50. The minimum absolute atomic E-state index is 0.0637. The Morgan fingerprint density at radius 3 is 2.64 bits per heavy atom. The van der Waals surface area contributed by atoms with Crippen LogP contribution in [-0.4, -0.2) is 4.92 Å². The molecule has 0 unspecified atom stereocenters. The Morgan fingerprint density at radius 1 is 1.55 bits per heavy atom. The molecule has 0 radical (unpaired) electrons. The first kappa shape index (κ1) is 6.15. The van der Waals surface area contributed by atoms with Crippen molar-refractivity contribution in [1.82, 2.24) is 0 Å². The lowest BCUT2D eigenvalue weighted by Crippen LogP contribution is -2.05. The maximum atomic E-state index is 10.3. The fourth-order valence-electron chi connectivity index (χ4n) is 1.08. The molecular formula is C7H5NO3. The van der Waals surface area contributed by atoms with Crippen LogP contribution in [-0.2, 0) is 6.61 Å². The molecule has 2 aliphatic heterocycles. The highest BCUT2D eigenvalue weighted by Crippen LogP contribution is 2.32. The van der Waals surface area contributed by atoms with Crippen LogP contribution in [0, 0.1) is 10.1 Å². The van der Waals surface area contributed by atoms with Crippen molar-refractivity contribution in [1.29, 1.82) is 0 Å². The molecule has 0 saturated carbocycles. The molecule has 4 heteroatoms. The van der Waals surface area contributed by atoms with Crippen LogP contribution in [0.5, 0.6) is 5.75 Å². The number of ether oxygens (including phenoxy) is 1. The predicted molar refractivity (Wildman–Crippen MR) is 37.4 cm³/mol. The molecule has 1 aromatic carbocycles. The molecule has 0 saturated heterocycles. The molecule has 0 spiro atoms. The lowest BCUT2D eigenvalue weighted by molar-refractivity contribution is -0.386. The van der Waals surface area contributed by atoms with E-state index in [0.717, 1.165) is 5.56 Å². The summed E-state index contributed by atoms with van der Waals surface area (Å²) < 4.78 is 5.03. The summed E-state index contributed by atoms with van der Waals surface area (Å²) in [7, 11) is 0. The van der Waals surface area contributed by atoms with Gasteiger partial charge in [-0.1, -0.05) is 6.07 Å². The van der Waals surface area contributed by atoms with Gasteiger partial charge in [0.1, 0.15) is 6.61 Å². The number of fused-ring (bicyclic) bond motifs is 3. The Hall–Kier alpha value is -1.58. The molecule has 0 atom stereocenters. The van der Waals surface area contributed by atoms with Crippen LogP contribution in [0.15, 0.2) is 18.2 Å². The second-order valence-electron chi connectivity index (χ2n) is 2.35. The van der Waals surface area contributed by atoms with Crippen molar-refractivity contribution in [2.24, 2.45) is 0 Å². The number of nitro groups is 1. The third kappa shape index (κ3) is 0.832. The molecule has 2 bridgehead atoms. The summed E-state index contributed by atoms with van der Waals surface area (Å²) in [6, 6.07) is 4.99.